The van der Waals surface area contributed by atoms with E-state index in [1.54, 1.807) is 24.3 Å². The van der Waals surface area contributed by atoms with Gasteiger partial charge in [0.2, 0.25) is 0 Å². The predicted octanol–water partition coefficient (Wildman–Crippen LogP) is 6.67. The first-order valence-electron chi connectivity index (χ1n) is 15.1. The Bertz CT molecular complexity index is 2110. The number of thiazole rings is 1. The molecule has 1 aliphatic rings. The van der Waals surface area contributed by atoms with Gasteiger partial charge in [-0.05, 0) is 63.9 Å². The minimum Gasteiger partial charge on any atom is -0.465 e. The zero-order valence-electron chi connectivity index (χ0n) is 26.2. The molecule has 2 amide bonds. The third kappa shape index (κ3) is 6.10. The number of halogens is 2. The molecule has 0 unspecified atom stereocenters. The average molecular weight is 695 g/mol. The van der Waals surface area contributed by atoms with Crippen molar-refractivity contribution < 1.29 is 31.9 Å². The van der Waals surface area contributed by atoms with E-state index in [1.165, 1.54) is 40.9 Å². The van der Waals surface area contributed by atoms with Crippen LogP contribution in [0.2, 0.25) is 0 Å². The van der Waals surface area contributed by atoms with Crippen molar-refractivity contribution in [1.82, 2.24) is 18.8 Å². The molecule has 250 valence electrons. The van der Waals surface area contributed by atoms with Crippen LogP contribution < -0.4 is 10.2 Å². The third-order valence-electron chi connectivity index (χ3n) is 8.12. The molecule has 1 atom stereocenters. The number of benzene rings is 2. The summed E-state index contributed by atoms with van der Waals surface area (Å²) in [4.78, 5) is 38.0. The van der Waals surface area contributed by atoms with Crippen LogP contribution in [0, 0.1) is 11.6 Å². The van der Waals surface area contributed by atoms with E-state index < -0.39 is 45.2 Å². The average Bonchev–Trinajstić information content (AvgIpc) is 3.69. The Hall–Kier alpha value is -4.89. The summed E-state index contributed by atoms with van der Waals surface area (Å²) in [5, 5.41) is 14.7. The zero-order chi connectivity index (χ0) is 34.4. The first kappa shape index (κ1) is 33.0. The van der Waals surface area contributed by atoms with Gasteiger partial charge in [-0.3, -0.25) is 9.69 Å². The monoisotopic (exact) mass is 694 g/mol. The van der Waals surface area contributed by atoms with Gasteiger partial charge in [-0.15, -0.1) is 11.3 Å². The molecular weight excluding hydrogens is 663 g/mol. The lowest BCUT2D eigenvalue weighted by Gasteiger charge is -2.45. The molecule has 4 heterocycles. The smallest absolute Gasteiger partial charge is 0.408 e. The fourth-order valence-corrected chi connectivity index (χ4v) is 8.29. The third-order valence-corrected chi connectivity index (χ3v) is 10.7. The van der Waals surface area contributed by atoms with Crippen molar-refractivity contribution in [1.29, 1.82) is 0 Å². The lowest BCUT2D eigenvalue weighted by atomic mass is 9.97. The van der Waals surface area contributed by atoms with E-state index in [0.717, 1.165) is 27.4 Å². The van der Waals surface area contributed by atoms with Gasteiger partial charge in [0.15, 0.2) is 5.65 Å². The topological polar surface area (TPSA) is 138 Å². The maximum absolute atomic E-state index is 14.4. The largest absolute Gasteiger partial charge is 0.465 e. The second-order valence-corrected chi connectivity index (χ2v) is 15.0. The predicted molar refractivity (Wildman–Crippen MR) is 179 cm³/mol. The molecule has 0 spiro atoms. The fraction of sp³-hybridized carbons (Fsp3) is 0.273. The van der Waals surface area contributed by atoms with Gasteiger partial charge in [0, 0.05) is 35.6 Å². The molecule has 48 heavy (non-hydrogen) atoms. The highest BCUT2D eigenvalue weighted by molar-refractivity contribution is 7.90. The summed E-state index contributed by atoms with van der Waals surface area (Å²) in [7, 11) is -4.04. The van der Waals surface area contributed by atoms with Crippen LogP contribution in [0.15, 0.2) is 77.3 Å². The number of carboxylic acid groups (broad SMARTS) is 1. The number of carbonyl (C=O) groups is 2. The van der Waals surface area contributed by atoms with Gasteiger partial charge in [0.1, 0.15) is 22.3 Å². The van der Waals surface area contributed by atoms with Gasteiger partial charge in [0.25, 0.3) is 15.9 Å². The number of pyridine rings is 1. The summed E-state index contributed by atoms with van der Waals surface area (Å²) < 4.78 is 57.2. The van der Waals surface area contributed by atoms with Crippen LogP contribution in [0.1, 0.15) is 44.1 Å². The van der Waals surface area contributed by atoms with Crippen molar-refractivity contribution >= 4 is 55.8 Å². The summed E-state index contributed by atoms with van der Waals surface area (Å²) in [5.41, 5.74) is -0.327. The van der Waals surface area contributed by atoms with Crippen molar-refractivity contribution in [2.75, 3.05) is 23.3 Å². The Labute approximate surface area is 279 Å². The van der Waals surface area contributed by atoms with Crippen molar-refractivity contribution in [3.05, 3.63) is 89.7 Å². The Balaban J connectivity index is 1.43. The molecule has 5 aromatic rings. The molecule has 3 aromatic heterocycles. The molecule has 1 aliphatic heterocycles. The van der Waals surface area contributed by atoms with Crippen molar-refractivity contribution in [3.63, 3.8) is 0 Å². The Morgan fingerprint density at radius 2 is 1.77 bits per heavy atom. The van der Waals surface area contributed by atoms with Crippen molar-refractivity contribution in [2.45, 2.75) is 50.1 Å². The number of amides is 2. The van der Waals surface area contributed by atoms with Gasteiger partial charge in [-0.2, -0.15) is 0 Å². The molecule has 0 bridgehead atoms. The molecule has 11 nitrogen and oxygen atoms in total. The van der Waals surface area contributed by atoms with Gasteiger partial charge in [-0.25, -0.2) is 35.9 Å². The van der Waals surface area contributed by atoms with Crippen LogP contribution in [0.3, 0.4) is 0 Å². The molecule has 2 N–H and O–H groups in total. The van der Waals surface area contributed by atoms with Gasteiger partial charge in [-0.1, -0.05) is 24.3 Å². The van der Waals surface area contributed by atoms with E-state index in [0.29, 0.717) is 30.5 Å². The van der Waals surface area contributed by atoms with Crippen LogP contribution in [-0.4, -0.2) is 69.0 Å². The molecule has 0 radical (unpaired) electrons. The highest BCUT2D eigenvalue weighted by Gasteiger charge is 2.37. The second-order valence-electron chi connectivity index (χ2n) is 12.3. The first-order valence-corrected chi connectivity index (χ1v) is 17.4. The molecule has 1 saturated heterocycles. The summed E-state index contributed by atoms with van der Waals surface area (Å²) >= 11 is 0.908. The Kier molecular flexibility index (Phi) is 8.68. The number of carbonyl (C=O) groups excluding carboxylic acids is 1. The molecule has 15 heteroatoms. The minimum absolute atomic E-state index is 0.0115. The molecule has 2 aromatic carbocycles. The standard InChI is InChI=1S/C33H32F2N6O5S2/c1-33(2,3)41(32(43)44)20-9-8-15-39(18-20)28-22-14-16-40(48(45,46)21-10-5-4-6-11-21)29(22)36-17-25(28)37-30(42)26-19-47-31(38-26)27-23(34)12-7-13-24(27)35/h4-7,10-14,16-17,19-20H,8-9,15,18H2,1-3H3,(H,37,42)(H,43,44)/t20-/m0/s1. The Morgan fingerprint density at radius 1 is 1.06 bits per heavy atom. The van der Waals surface area contributed by atoms with E-state index in [1.807, 2.05) is 25.7 Å². The van der Waals surface area contributed by atoms with Crippen LogP contribution in [0.25, 0.3) is 21.6 Å². The number of hydrogen-bond donors (Lipinski definition) is 2. The maximum Gasteiger partial charge on any atom is 0.408 e. The summed E-state index contributed by atoms with van der Waals surface area (Å²) in [6.45, 7) is 6.20. The number of piperidine rings is 1. The highest BCUT2D eigenvalue weighted by atomic mass is 32.2. The van der Waals surface area contributed by atoms with Crippen LogP contribution >= 0.6 is 11.3 Å². The van der Waals surface area contributed by atoms with Gasteiger partial charge in [0.05, 0.1) is 34.1 Å². The van der Waals surface area contributed by atoms with Crippen LogP contribution in [0.4, 0.5) is 25.0 Å². The number of nitrogens with one attached hydrogen (secondary N) is 1. The summed E-state index contributed by atoms with van der Waals surface area (Å²) in [6, 6.07) is 12.5. The van der Waals surface area contributed by atoms with Crippen LogP contribution in [-0.2, 0) is 10.0 Å². The number of nitrogens with zero attached hydrogens (tertiary/aromatic N) is 5. The summed E-state index contributed by atoms with van der Waals surface area (Å²) in [6.07, 6.45) is 2.90. The number of hydrogen-bond acceptors (Lipinski definition) is 8. The fourth-order valence-electron chi connectivity index (χ4n) is 6.12. The highest BCUT2D eigenvalue weighted by Crippen LogP contribution is 2.38. The molecule has 1 fully saturated rings. The maximum atomic E-state index is 14.4. The van der Waals surface area contributed by atoms with Crippen LogP contribution in [0.5, 0.6) is 0 Å². The SMILES string of the molecule is CC(C)(C)N(C(=O)O)[C@H]1CCCN(c2c(NC(=O)c3csc(-c4c(F)cccc4F)n3)cnc3c2ccn3S(=O)(=O)c2ccccc2)C1. The summed E-state index contributed by atoms with van der Waals surface area (Å²) in [5.74, 6) is -2.30. The number of rotatable bonds is 7. The van der Waals surface area contributed by atoms with Gasteiger partial charge < -0.3 is 15.3 Å². The quantitative estimate of drug-likeness (QED) is 0.193. The number of fused-ring (bicyclic) bond motifs is 1. The van der Waals surface area contributed by atoms with E-state index in [-0.39, 0.29) is 39.0 Å². The molecular formula is C33H32F2N6O5S2. The van der Waals surface area contributed by atoms with Crippen molar-refractivity contribution in [2.24, 2.45) is 0 Å². The molecule has 0 aliphatic carbocycles. The number of aromatic nitrogens is 3. The van der Waals surface area contributed by atoms with E-state index in [4.69, 9.17) is 0 Å². The van der Waals surface area contributed by atoms with E-state index >= 15 is 0 Å². The first-order chi connectivity index (χ1) is 22.8. The Morgan fingerprint density at radius 3 is 2.44 bits per heavy atom. The minimum atomic E-state index is -4.04. The lowest BCUT2D eigenvalue weighted by molar-refractivity contribution is 0.0648. The van der Waals surface area contributed by atoms with Gasteiger partial charge >= 0.3 is 6.09 Å². The number of anilines is 2. The second kappa shape index (κ2) is 12.6. The normalized spacial score (nSPS) is 15.4. The van der Waals surface area contributed by atoms with E-state index in [9.17, 15) is 31.9 Å². The molecule has 6 rings (SSSR count). The van der Waals surface area contributed by atoms with Crippen molar-refractivity contribution in [3.8, 4) is 10.6 Å². The lowest BCUT2D eigenvalue weighted by Crippen LogP contribution is -2.57. The zero-order valence-corrected chi connectivity index (χ0v) is 27.9. The van der Waals surface area contributed by atoms with E-state index in [2.05, 4.69) is 15.3 Å². The molecule has 0 saturated carbocycles.